The van der Waals surface area contributed by atoms with E-state index in [0.717, 1.165) is 51.1 Å². The largest absolute Gasteiger partial charge is 0.381 e. The van der Waals surface area contributed by atoms with E-state index in [-0.39, 0.29) is 0 Å². The van der Waals surface area contributed by atoms with Crippen molar-refractivity contribution in [1.29, 1.82) is 0 Å². The molecule has 0 radical (unpaired) electrons. The molecule has 1 aromatic heterocycles. The van der Waals surface area contributed by atoms with Crippen molar-refractivity contribution in [1.82, 2.24) is 15.0 Å². The van der Waals surface area contributed by atoms with E-state index in [0.29, 0.717) is 33.3 Å². The summed E-state index contributed by atoms with van der Waals surface area (Å²) in [5.41, 5.74) is 1.12. The molecule has 0 unspecified atom stereocenters. The molecule has 150 valence electrons. The van der Waals surface area contributed by atoms with Crippen LogP contribution < -0.4 is 4.90 Å². The van der Waals surface area contributed by atoms with Crippen LogP contribution >= 0.6 is 23.2 Å². The van der Waals surface area contributed by atoms with E-state index in [1.165, 1.54) is 19.5 Å². The smallest absolute Gasteiger partial charge is 0.324 e. The lowest BCUT2D eigenvalue weighted by atomic mass is 9.72. The van der Waals surface area contributed by atoms with Gasteiger partial charge >= 0.3 is 6.01 Å². The third-order valence-corrected chi connectivity index (χ3v) is 6.69. The summed E-state index contributed by atoms with van der Waals surface area (Å²) in [6, 6.07) is 6.59. The van der Waals surface area contributed by atoms with Crippen LogP contribution in [0.2, 0.25) is 10.0 Å². The fraction of sp³-hybridized carbons (Fsp3) is 0.600. The Morgan fingerprint density at radius 2 is 1.79 bits per heavy atom. The lowest BCUT2D eigenvalue weighted by molar-refractivity contribution is -0.0702. The van der Waals surface area contributed by atoms with Crippen LogP contribution in [0.5, 0.6) is 0 Å². The summed E-state index contributed by atoms with van der Waals surface area (Å²) in [5, 5.41) is 5.28. The first-order valence-corrected chi connectivity index (χ1v) is 10.7. The van der Waals surface area contributed by atoms with E-state index < -0.39 is 0 Å². The number of aromatic nitrogens is 2. The van der Waals surface area contributed by atoms with E-state index in [1.54, 1.807) is 18.2 Å². The van der Waals surface area contributed by atoms with Gasteiger partial charge in [-0.2, -0.15) is 4.98 Å². The zero-order valence-electron chi connectivity index (χ0n) is 15.7. The van der Waals surface area contributed by atoms with Crippen LogP contribution in [0.4, 0.5) is 6.01 Å². The molecule has 0 aliphatic carbocycles. The average Bonchev–Trinajstić information content (AvgIpc) is 3.16. The summed E-state index contributed by atoms with van der Waals surface area (Å²) >= 11 is 12.2. The van der Waals surface area contributed by atoms with Crippen molar-refractivity contribution in [3.63, 3.8) is 0 Å². The molecule has 0 atom stereocenters. The number of ether oxygens (including phenoxy) is 1. The van der Waals surface area contributed by atoms with Gasteiger partial charge in [0.05, 0.1) is 0 Å². The molecule has 3 fully saturated rings. The minimum atomic E-state index is 0.352. The van der Waals surface area contributed by atoms with Gasteiger partial charge in [-0.25, -0.2) is 0 Å². The van der Waals surface area contributed by atoms with Crippen molar-refractivity contribution in [2.75, 3.05) is 44.3 Å². The van der Waals surface area contributed by atoms with Crippen LogP contribution in [-0.2, 0) is 4.74 Å². The van der Waals surface area contributed by atoms with Crippen LogP contribution in [0.25, 0.3) is 11.4 Å². The maximum atomic E-state index is 6.10. The molecule has 2 aromatic rings. The normalized spacial score (nSPS) is 23.1. The molecule has 8 heteroatoms. The van der Waals surface area contributed by atoms with E-state index in [2.05, 4.69) is 19.9 Å². The Morgan fingerprint density at radius 3 is 2.54 bits per heavy atom. The van der Waals surface area contributed by atoms with Gasteiger partial charge in [0, 0.05) is 66.5 Å². The molecule has 5 rings (SSSR count). The Kier molecular flexibility index (Phi) is 4.99. The first kappa shape index (κ1) is 18.7. The standard InChI is InChI=1S/C20H24Cl2N4O2/c21-15-8-14(9-16(22)10-15)18-23-19(28-24-18)25-5-1-4-20(11-25)12-26(13-20)17-2-6-27-7-3-17/h8-10,17H,1-7,11-13H2. The van der Waals surface area contributed by atoms with Gasteiger partial charge in [-0.3, -0.25) is 4.90 Å². The highest BCUT2D eigenvalue weighted by Crippen LogP contribution is 2.42. The second-order valence-electron chi connectivity index (χ2n) is 8.33. The molecule has 28 heavy (non-hydrogen) atoms. The Morgan fingerprint density at radius 1 is 1.04 bits per heavy atom. The second-order valence-corrected chi connectivity index (χ2v) is 9.21. The first-order valence-electron chi connectivity index (χ1n) is 9.97. The van der Waals surface area contributed by atoms with Crippen molar-refractivity contribution in [3.05, 3.63) is 28.2 Å². The number of nitrogens with zero attached hydrogens (tertiary/aromatic N) is 4. The topological polar surface area (TPSA) is 54.6 Å². The summed E-state index contributed by atoms with van der Waals surface area (Å²) in [6.45, 7) is 6.07. The molecule has 0 N–H and O–H groups in total. The Labute approximate surface area is 174 Å². The van der Waals surface area contributed by atoms with E-state index in [4.69, 9.17) is 32.5 Å². The zero-order valence-corrected chi connectivity index (χ0v) is 17.3. The lowest BCUT2D eigenvalue weighted by Gasteiger charge is -2.57. The van der Waals surface area contributed by atoms with E-state index in [9.17, 15) is 0 Å². The molecule has 1 spiro atoms. The number of piperidine rings is 1. The van der Waals surface area contributed by atoms with Crippen LogP contribution in [0.15, 0.2) is 22.7 Å². The minimum absolute atomic E-state index is 0.352. The van der Waals surface area contributed by atoms with Gasteiger partial charge in [0.1, 0.15) is 0 Å². The SMILES string of the molecule is Clc1cc(Cl)cc(-c2noc(N3CCCC4(C3)CN(C3CCOCC3)C4)n2)c1. The fourth-order valence-electron chi connectivity index (χ4n) is 4.90. The Hall–Kier alpha value is -1.34. The van der Waals surface area contributed by atoms with E-state index in [1.807, 2.05) is 0 Å². The highest BCUT2D eigenvalue weighted by molar-refractivity contribution is 6.35. The molecular formula is C20H24Cl2N4O2. The highest BCUT2D eigenvalue weighted by Gasteiger charge is 2.48. The van der Waals surface area contributed by atoms with Gasteiger partial charge in [-0.15, -0.1) is 0 Å². The monoisotopic (exact) mass is 422 g/mol. The molecular weight excluding hydrogens is 399 g/mol. The molecule has 1 aromatic carbocycles. The van der Waals surface area contributed by atoms with Crippen LogP contribution in [-0.4, -0.2) is 60.5 Å². The zero-order chi connectivity index (χ0) is 19.1. The van der Waals surface area contributed by atoms with Crippen molar-refractivity contribution in [3.8, 4) is 11.4 Å². The molecule has 0 saturated carbocycles. The van der Waals surface area contributed by atoms with Gasteiger partial charge in [0.25, 0.3) is 0 Å². The maximum absolute atomic E-state index is 6.10. The third-order valence-electron chi connectivity index (χ3n) is 6.25. The van der Waals surface area contributed by atoms with Gasteiger partial charge < -0.3 is 14.2 Å². The van der Waals surface area contributed by atoms with Crippen molar-refractivity contribution in [2.24, 2.45) is 5.41 Å². The maximum Gasteiger partial charge on any atom is 0.324 e. The Balaban J connectivity index is 1.27. The minimum Gasteiger partial charge on any atom is -0.381 e. The molecule has 3 aliphatic heterocycles. The number of hydrogen-bond donors (Lipinski definition) is 0. The van der Waals surface area contributed by atoms with Crippen LogP contribution in [0, 0.1) is 5.41 Å². The molecule has 4 heterocycles. The summed E-state index contributed by atoms with van der Waals surface area (Å²) in [6.07, 6.45) is 4.75. The number of hydrogen-bond acceptors (Lipinski definition) is 6. The molecule has 3 saturated heterocycles. The summed E-state index contributed by atoms with van der Waals surface area (Å²) in [4.78, 5) is 9.50. The summed E-state index contributed by atoms with van der Waals surface area (Å²) < 4.78 is 11.1. The predicted octanol–water partition coefficient (Wildman–Crippen LogP) is 4.12. The van der Waals surface area contributed by atoms with Crippen molar-refractivity contribution >= 4 is 29.2 Å². The summed E-state index contributed by atoms with van der Waals surface area (Å²) in [7, 11) is 0. The number of rotatable bonds is 3. The van der Waals surface area contributed by atoms with Gasteiger partial charge in [0.2, 0.25) is 5.82 Å². The molecule has 0 bridgehead atoms. The predicted molar refractivity (Wildman–Crippen MR) is 109 cm³/mol. The first-order chi connectivity index (χ1) is 13.6. The lowest BCUT2D eigenvalue weighted by Crippen LogP contribution is -2.65. The highest BCUT2D eigenvalue weighted by atomic mass is 35.5. The number of likely N-dealkylation sites (tertiary alicyclic amines) is 1. The Bertz CT molecular complexity index is 826. The third kappa shape index (κ3) is 3.63. The van der Waals surface area contributed by atoms with Gasteiger partial charge in [0.15, 0.2) is 0 Å². The number of anilines is 1. The van der Waals surface area contributed by atoms with Crippen molar-refractivity contribution < 1.29 is 9.26 Å². The molecule has 0 amide bonds. The van der Waals surface area contributed by atoms with E-state index >= 15 is 0 Å². The quantitative estimate of drug-likeness (QED) is 0.740. The van der Waals surface area contributed by atoms with Gasteiger partial charge in [-0.1, -0.05) is 28.4 Å². The fourth-order valence-corrected chi connectivity index (χ4v) is 5.42. The number of benzene rings is 1. The molecule has 6 nitrogen and oxygen atoms in total. The van der Waals surface area contributed by atoms with Crippen molar-refractivity contribution in [2.45, 2.75) is 31.7 Å². The van der Waals surface area contributed by atoms with Crippen LogP contribution in [0.1, 0.15) is 25.7 Å². The van der Waals surface area contributed by atoms with Gasteiger partial charge in [-0.05, 0) is 43.9 Å². The van der Waals surface area contributed by atoms with Crippen LogP contribution in [0.3, 0.4) is 0 Å². The molecule has 3 aliphatic rings. The summed E-state index contributed by atoms with van der Waals surface area (Å²) in [5.74, 6) is 0.525. The number of halogens is 2. The average molecular weight is 423 g/mol. The second kappa shape index (κ2) is 7.48.